The first-order chi connectivity index (χ1) is 8.15. The molecule has 1 aromatic rings. The number of rotatable bonds is 7. The van der Waals surface area contributed by atoms with E-state index in [0.29, 0.717) is 5.56 Å². The number of Topliss-reactive ketones (excluding diaryl/α,β-unsaturated/α-hetero) is 1. The Hall–Kier alpha value is -1.31. The summed E-state index contributed by atoms with van der Waals surface area (Å²) in [4.78, 5) is 12.0. The predicted octanol–water partition coefficient (Wildman–Crippen LogP) is 4.18. The molecule has 0 saturated carbocycles. The second-order valence-corrected chi connectivity index (χ2v) is 4.66. The smallest absolute Gasteiger partial charge is 0.165 e. The van der Waals surface area contributed by atoms with Crippen LogP contribution in [0.1, 0.15) is 56.3 Å². The summed E-state index contributed by atoms with van der Waals surface area (Å²) >= 11 is 0. The van der Waals surface area contributed by atoms with Gasteiger partial charge in [0.25, 0.3) is 0 Å². The summed E-state index contributed by atoms with van der Waals surface area (Å²) in [6.07, 6.45) is 5.77. The van der Waals surface area contributed by atoms with Gasteiger partial charge in [-0.25, -0.2) is 0 Å². The van der Waals surface area contributed by atoms with Gasteiger partial charge < -0.3 is 5.11 Å². The van der Waals surface area contributed by atoms with Crippen molar-refractivity contribution in [3.8, 4) is 5.75 Å². The Kier molecular flexibility index (Phi) is 5.75. The van der Waals surface area contributed by atoms with Crippen molar-refractivity contribution >= 4 is 5.78 Å². The molecule has 0 saturated heterocycles. The number of carbonyl (C=O) groups is 1. The zero-order valence-corrected chi connectivity index (χ0v) is 10.8. The third-order valence-electron chi connectivity index (χ3n) is 3.09. The molecule has 0 heterocycles. The number of benzene rings is 1. The van der Waals surface area contributed by atoms with E-state index in [1.54, 1.807) is 24.3 Å². The minimum atomic E-state index is 0.0800. The Morgan fingerprint density at radius 2 is 1.82 bits per heavy atom. The fourth-order valence-electron chi connectivity index (χ4n) is 1.92. The summed E-state index contributed by atoms with van der Waals surface area (Å²) in [5.74, 6) is 0.468. The van der Waals surface area contributed by atoms with E-state index in [9.17, 15) is 4.79 Å². The highest BCUT2D eigenvalue weighted by Gasteiger charge is 2.14. The molecule has 0 unspecified atom stereocenters. The van der Waals surface area contributed by atoms with Crippen LogP contribution in [-0.4, -0.2) is 10.9 Å². The van der Waals surface area contributed by atoms with E-state index in [1.807, 2.05) is 6.92 Å². The molecule has 2 nitrogen and oxygen atoms in total. The Bertz CT molecular complexity index is 340. The molecule has 0 aliphatic heterocycles. The van der Waals surface area contributed by atoms with Gasteiger partial charge in [-0.15, -0.1) is 0 Å². The van der Waals surface area contributed by atoms with E-state index in [4.69, 9.17) is 5.11 Å². The maximum absolute atomic E-state index is 12.0. The van der Waals surface area contributed by atoms with E-state index in [2.05, 4.69) is 6.92 Å². The van der Waals surface area contributed by atoms with Crippen molar-refractivity contribution in [1.82, 2.24) is 0 Å². The van der Waals surface area contributed by atoms with E-state index < -0.39 is 0 Å². The molecule has 0 bridgehead atoms. The van der Waals surface area contributed by atoms with Crippen molar-refractivity contribution in [2.75, 3.05) is 0 Å². The molecule has 1 atom stereocenters. The largest absolute Gasteiger partial charge is 0.508 e. The number of hydrogen-bond donors (Lipinski definition) is 1. The van der Waals surface area contributed by atoms with E-state index >= 15 is 0 Å². The summed E-state index contributed by atoms with van der Waals surface area (Å²) in [5.41, 5.74) is 0.700. The summed E-state index contributed by atoms with van der Waals surface area (Å²) in [7, 11) is 0. The van der Waals surface area contributed by atoms with Gasteiger partial charge in [0.15, 0.2) is 5.78 Å². The van der Waals surface area contributed by atoms with Crippen LogP contribution in [0.2, 0.25) is 0 Å². The molecule has 0 fully saturated rings. The van der Waals surface area contributed by atoms with Crippen molar-refractivity contribution in [3.05, 3.63) is 29.8 Å². The Balaban J connectivity index is 2.43. The number of phenols is 1. The summed E-state index contributed by atoms with van der Waals surface area (Å²) in [6, 6.07) is 6.52. The number of phenolic OH excluding ortho intramolecular Hbond substituents is 1. The fourth-order valence-corrected chi connectivity index (χ4v) is 1.92. The number of ketones is 1. The van der Waals surface area contributed by atoms with Gasteiger partial charge in [-0.05, 0) is 30.7 Å². The molecule has 0 aliphatic rings. The molecule has 0 aliphatic carbocycles. The molecule has 0 radical (unpaired) electrons. The molecule has 17 heavy (non-hydrogen) atoms. The number of unbranched alkanes of at least 4 members (excludes halogenated alkanes) is 3. The van der Waals surface area contributed by atoms with Gasteiger partial charge >= 0.3 is 0 Å². The van der Waals surface area contributed by atoms with Crippen LogP contribution in [0.15, 0.2) is 24.3 Å². The number of carbonyl (C=O) groups excluding carboxylic acids is 1. The first-order valence-electron chi connectivity index (χ1n) is 6.48. The molecule has 94 valence electrons. The highest BCUT2D eigenvalue weighted by atomic mass is 16.3. The first-order valence-corrected chi connectivity index (χ1v) is 6.48. The Morgan fingerprint density at radius 3 is 2.41 bits per heavy atom. The van der Waals surface area contributed by atoms with Gasteiger partial charge in [0.2, 0.25) is 0 Å². The van der Waals surface area contributed by atoms with Crippen LogP contribution in [0.3, 0.4) is 0 Å². The number of hydrogen-bond acceptors (Lipinski definition) is 2. The van der Waals surface area contributed by atoms with Gasteiger partial charge in [0.1, 0.15) is 5.75 Å². The SMILES string of the molecule is CCCCCC[C@H](C)C(=O)c1ccc(O)cc1. The Labute approximate surface area is 104 Å². The maximum Gasteiger partial charge on any atom is 0.165 e. The minimum absolute atomic E-state index is 0.0800. The molecule has 0 spiro atoms. The molecule has 0 aromatic heterocycles. The van der Waals surface area contributed by atoms with Gasteiger partial charge in [0.05, 0.1) is 0 Å². The van der Waals surface area contributed by atoms with Gasteiger partial charge in [-0.2, -0.15) is 0 Å². The maximum atomic E-state index is 12.0. The standard InChI is InChI=1S/C15H22O2/c1-3-4-5-6-7-12(2)15(17)13-8-10-14(16)11-9-13/h8-12,16H,3-7H2,1-2H3/t12-/m0/s1. The molecule has 1 rings (SSSR count). The fraction of sp³-hybridized carbons (Fsp3) is 0.533. The zero-order chi connectivity index (χ0) is 12.7. The lowest BCUT2D eigenvalue weighted by Crippen LogP contribution is -2.11. The lowest BCUT2D eigenvalue weighted by atomic mass is 9.94. The third kappa shape index (κ3) is 4.59. The van der Waals surface area contributed by atoms with Crippen LogP contribution in [-0.2, 0) is 0 Å². The lowest BCUT2D eigenvalue weighted by Gasteiger charge is -2.10. The third-order valence-corrected chi connectivity index (χ3v) is 3.09. The van der Waals surface area contributed by atoms with Crippen LogP contribution in [0.4, 0.5) is 0 Å². The second-order valence-electron chi connectivity index (χ2n) is 4.66. The molecule has 2 heteroatoms. The summed E-state index contributed by atoms with van der Waals surface area (Å²) < 4.78 is 0. The molecule has 1 aromatic carbocycles. The van der Waals surface area contributed by atoms with Gasteiger partial charge in [0, 0.05) is 11.5 Å². The van der Waals surface area contributed by atoms with E-state index in [-0.39, 0.29) is 17.5 Å². The molecular weight excluding hydrogens is 212 g/mol. The summed E-state index contributed by atoms with van der Waals surface area (Å²) in [5, 5.41) is 9.17. The van der Waals surface area contributed by atoms with Crippen molar-refractivity contribution in [2.45, 2.75) is 46.0 Å². The quantitative estimate of drug-likeness (QED) is 0.567. The predicted molar refractivity (Wildman–Crippen MR) is 70.4 cm³/mol. The van der Waals surface area contributed by atoms with Gasteiger partial charge in [-0.3, -0.25) is 4.79 Å². The Morgan fingerprint density at radius 1 is 1.18 bits per heavy atom. The highest BCUT2D eigenvalue weighted by molar-refractivity contribution is 5.97. The van der Waals surface area contributed by atoms with Crippen molar-refractivity contribution in [2.24, 2.45) is 5.92 Å². The summed E-state index contributed by atoms with van der Waals surface area (Å²) in [6.45, 7) is 4.17. The second kappa shape index (κ2) is 7.10. The normalized spacial score (nSPS) is 12.4. The van der Waals surface area contributed by atoms with Crippen molar-refractivity contribution in [3.63, 3.8) is 0 Å². The van der Waals surface area contributed by atoms with Crippen LogP contribution in [0, 0.1) is 5.92 Å². The van der Waals surface area contributed by atoms with Crippen molar-refractivity contribution in [1.29, 1.82) is 0 Å². The van der Waals surface area contributed by atoms with Crippen molar-refractivity contribution < 1.29 is 9.90 Å². The average molecular weight is 234 g/mol. The highest BCUT2D eigenvalue weighted by Crippen LogP contribution is 2.18. The van der Waals surface area contributed by atoms with Crippen LogP contribution >= 0.6 is 0 Å². The zero-order valence-electron chi connectivity index (χ0n) is 10.8. The number of aromatic hydroxyl groups is 1. The molecule has 1 N–H and O–H groups in total. The van der Waals surface area contributed by atoms with Crippen LogP contribution in [0.25, 0.3) is 0 Å². The monoisotopic (exact) mass is 234 g/mol. The lowest BCUT2D eigenvalue weighted by molar-refractivity contribution is 0.0922. The minimum Gasteiger partial charge on any atom is -0.508 e. The molecule has 0 amide bonds. The first kappa shape index (κ1) is 13.8. The molecular formula is C15H22O2. The topological polar surface area (TPSA) is 37.3 Å². The average Bonchev–Trinajstić information content (AvgIpc) is 2.34. The van der Waals surface area contributed by atoms with E-state index in [0.717, 1.165) is 12.8 Å². The van der Waals surface area contributed by atoms with Gasteiger partial charge in [-0.1, -0.05) is 39.5 Å². The van der Waals surface area contributed by atoms with E-state index in [1.165, 1.54) is 19.3 Å². The van der Waals surface area contributed by atoms with Crippen LogP contribution < -0.4 is 0 Å². The van der Waals surface area contributed by atoms with Crippen LogP contribution in [0.5, 0.6) is 5.75 Å².